The number of nitrogens with one attached hydrogen (secondary N) is 1. The van der Waals surface area contributed by atoms with Crippen LogP contribution in [0.5, 0.6) is 0 Å². The highest BCUT2D eigenvalue weighted by Crippen LogP contribution is 2.37. The molecule has 0 bridgehead atoms. The molecule has 4 N–H and O–H groups in total. The summed E-state index contributed by atoms with van der Waals surface area (Å²) in [5.41, 5.74) is 9.16. The molecule has 0 aliphatic heterocycles. The summed E-state index contributed by atoms with van der Waals surface area (Å²) in [4.78, 5) is 18.4. The predicted octanol–water partition coefficient (Wildman–Crippen LogP) is 5.50. The Labute approximate surface area is 207 Å². The van der Waals surface area contributed by atoms with E-state index in [1.54, 1.807) is 12.1 Å². The highest BCUT2D eigenvalue weighted by Gasteiger charge is 2.25. The third-order valence-corrected chi connectivity index (χ3v) is 6.21. The maximum absolute atomic E-state index is 11.8. The van der Waals surface area contributed by atoms with E-state index in [4.69, 9.17) is 22.7 Å². The Morgan fingerprint density at radius 1 is 1.24 bits per heavy atom. The number of thiocarbonyl (C=S) groups is 1. The molecule has 0 atom stereocenters. The van der Waals surface area contributed by atoms with Crippen LogP contribution in [0.1, 0.15) is 56.3 Å². The molecule has 0 radical (unpaired) electrons. The van der Waals surface area contributed by atoms with Crippen LogP contribution in [0.25, 0.3) is 11.1 Å². The number of rotatable bonds is 7. The monoisotopic (exact) mass is 482 g/mol. The predicted molar refractivity (Wildman–Crippen MR) is 143 cm³/mol. The summed E-state index contributed by atoms with van der Waals surface area (Å²) >= 11 is 5.43. The second-order valence-corrected chi connectivity index (χ2v) is 9.39. The van der Waals surface area contributed by atoms with Gasteiger partial charge in [-0.1, -0.05) is 57.4 Å². The van der Waals surface area contributed by atoms with E-state index in [1.807, 2.05) is 24.3 Å². The third-order valence-electron chi connectivity index (χ3n) is 6.01. The molecule has 1 saturated carbocycles. The molecule has 1 fully saturated rings. The molecule has 3 rings (SSSR count). The summed E-state index contributed by atoms with van der Waals surface area (Å²) < 4.78 is 4.94. The van der Waals surface area contributed by atoms with Gasteiger partial charge in [0.2, 0.25) is 5.11 Å². The molecule has 0 heterocycles. The molecular weight excluding hydrogens is 448 g/mol. The lowest BCUT2D eigenvalue weighted by molar-refractivity contribution is 0.0697. The summed E-state index contributed by atoms with van der Waals surface area (Å²) in [5, 5.41) is 13.1. The van der Waals surface area contributed by atoms with Crippen molar-refractivity contribution in [1.82, 2.24) is 0 Å². The summed E-state index contributed by atoms with van der Waals surface area (Å²) in [6.45, 7) is 5.34. The molecular formula is C26H34N4O3S. The first-order valence-electron chi connectivity index (χ1n) is 11.7. The molecule has 1 aliphatic rings. The van der Waals surface area contributed by atoms with Crippen LogP contribution in [0, 0.1) is 5.92 Å². The number of carboxylic acid groups (broad SMARTS) is 1. The molecule has 0 unspecified atom stereocenters. The summed E-state index contributed by atoms with van der Waals surface area (Å²) in [6, 6.07) is 13.4. The number of aromatic carboxylic acids is 1. The van der Waals surface area contributed by atoms with E-state index in [1.165, 1.54) is 26.4 Å². The normalized spacial score (nSPS) is 14.6. The van der Waals surface area contributed by atoms with Crippen LogP contribution in [0.2, 0.25) is 0 Å². The highest BCUT2D eigenvalue weighted by molar-refractivity contribution is 7.80. The molecule has 7 nitrogen and oxygen atoms in total. The molecule has 0 spiro atoms. The van der Waals surface area contributed by atoms with Gasteiger partial charge in [-0.25, -0.2) is 4.79 Å². The zero-order chi connectivity index (χ0) is 24.7. The number of carboxylic acids is 1. The van der Waals surface area contributed by atoms with Crippen LogP contribution in [0.3, 0.4) is 0 Å². The maximum atomic E-state index is 11.8. The van der Waals surface area contributed by atoms with Crippen LogP contribution in [-0.4, -0.2) is 41.9 Å². The average Bonchev–Trinajstić information content (AvgIpc) is 2.83. The molecule has 2 aromatic carbocycles. The number of hydrogen-bond donors (Lipinski definition) is 3. The Balaban J connectivity index is 2.10. The molecule has 2 aromatic rings. The Morgan fingerprint density at radius 2 is 1.94 bits per heavy atom. The van der Waals surface area contributed by atoms with Crippen LogP contribution in [0.4, 0.5) is 11.4 Å². The number of nitrogens with zero attached hydrogens (tertiary/aromatic N) is 2. The highest BCUT2D eigenvalue weighted by atomic mass is 32.1. The Kier molecular flexibility index (Phi) is 8.87. The smallest absolute Gasteiger partial charge is 0.336 e. The van der Waals surface area contributed by atoms with Crippen LogP contribution in [0.15, 0.2) is 47.5 Å². The van der Waals surface area contributed by atoms with Gasteiger partial charge in [0, 0.05) is 12.6 Å². The zero-order valence-corrected chi connectivity index (χ0v) is 20.9. The van der Waals surface area contributed by atoms with Gasteiger partial charge in [-0.2, -0.15) is 4.99 Å². The largest absolute Gasteiger partial charge is 0.478 e. The average molecular weight is 483 g/mol. The first-order valence-corrected chi connectivity index (χ1v) is 12.1. The molecule has 0 amide bonds. The number of hydrogen-bond acceptors (Lipinski definition) is 4. The third kappa shape index (κ3) is 6.47. The van der Waals surface area contributed by atoms with Gasteiger partial charge in [0.15, 0.2) is 0 Å². The molecule has 0 saturated heterocycles. The van der Waals surface area contributed by atoms with E-state index in [2.05, 4.69) is 35.1 Å². The van der Waals surface area contributed by atoms with Gasteiger partial charge in [0.1, 0.15) is 0 Å². The number of anilines is 2. The second kappa shape index (κ2) is 11.8. The van der Waals surface area contributed by atoms with Crippen molar-refractivity contribution in [1.29, 1.82) is 0 Å². The first kappa shape index (κ1) is 25.5. The molecule has 0 aromatic heterocycles. The van der Waals surface area contributed by atoms with E-state index in [9.17, 15) is 9.90 Å². The SMILES string of the molecule is COC(N)=NC(=S)Nc1cc(-c2ccccc2C(=O)O)ccc1N(CC(C)C)C1CCCCC1. The minimum absolute atomic E-state index is 0.0299. The zero-order valence-electron chi connectivity index (χ0n) is 20.1. The van der Waals surface area contributed by atoms with E-state index in [0.717, 1.165) is 36.3 Å². The van der Waals surface area contributed by atoms with Crippen molar-refractivity contribution >= 4 is 40.7 Å². The molecule has 8 heteroatoms. The van der Waals surface area contributed by atoms with E-state index in [-0.39, 0.29) is 16.7 Å². The van der Waals surface area contributed by atoms with Gasteiger partial charge in [0.05, 0.1) is 24.0 Å². The van der Waals surface area contributed by atoms with Crippen LogP contribution in [-0.2, 0) is 4.74 Å². The number of methoxy groups -OCH3 is 1. The van der Waals surface area contributed by atoms with Crippen LogP contribution >= 0.6 is 12.2 Å². The fraction of sp³-hybridized carbons (Fsp3) is 0.423. The summed E-state index contributed by atoms with van der Waals surface area (Å²) in [5.74, 6) is -0.498. The Hall–Kier alpha value is -3.13. The lowest BCUT2D eigenvalue weighted by atomic mass is 9.92. The lowest BCUT2D eigenvalue weighted by Crippen LogP contribution is -2.39. The van der Waals surface area contributed by atoms with Crippen molar-refractivity contribution in [3.63, 3.8) is 0 Å². The number of aliphatic imine (C=N–C) groups is 1. The Bertz CT molecular complexity index is 1050. The van der Waals surface area contributed by atoms with Crippen LogP contribution < -0.4 is 16.0 Å². The van der Waals surface area contributed by atoms with Crippen molar-refractivity contribution < 1.29 is 14.6 Å². The van der Waals surface area contributed by atoms with Gasteiger partial charge in [-0.3, -0.25) is 0 Å². The van der Waals surface area contributed by atoms with Gasteiger partial charge in [-0.15, -0.1) is 0 Å². The van der Waals surface area contributed by atoms with E-state index >= 15 is 0 Å². The van der Waals surface area contributed by atoms with Crippen molar-refractivity contribution in [2.45, 2.75) is 52.0 Å². The van der Waals surface area contributed by atoms with Gasteiger partial charge < -0.3 is 25.8 Å². The van der Waals surface area contributed by atoms with Gasteiger partial charge >= 0.3 is 5.97 Å². The fourth-order valence-electron chi connectivity index (χ4n) is 4.49. The second-order valence-electron chi connectivity index (χ2n) is 9.01. The Morgan fingerprint density at radius 3 is 2.59 bits per heavy atom. The summed E-state index contributed by atoms with van der Waals surface area (Å²) in [7, 11) is 1.43. The quantitative estimate of drug-likeness (QED) is 0.272. The number of carbonyl (C=O) groups is 1. The van der Waals surface area contributed by atoms with Crippen molar-refractivity contribution in [3.05, 3.63) is 48.0 Å². The number of nitrogens with two attached hydrogens (primary N) is 1. The van der Waals surface area contributed by atoms with Crippen molar-refractivity contribution in [2.75, 3.05) is 23.9 Å². The standard InChI is InChI=1S/C26H34N4O3S/c1-17(2)16-30(19-9-5-4-6-10-19)23-14-13-18(20-11-7-8-12-21(20)24(31)32)15-22(23)28-26(34)29-25(27)33-3/h7-8,11-15,17,19H,4-6,9-10,16H2,1-3H3,(H,31,32)(H3,27,28,29,34). The number of amidine groups is 1. The van der Waals surface area contributed by atoms with Gasteiger partial charge in [-0.05, 0) is 60.3 Å². The topological polar surface area (TPSA) is 100 Å². The molecule has 34 heavy (non-hydrogen) atoms. The van der Waals surface area contributed by atoms with Gasteiger partial charge in [0.25, 0.3) is 6.02 Å². The summed E-state index contributed by atoms with van der Waals surface area (Å²) in [6.07, 6.45) is 6.01. The maximum Gasteiger partial charge on any atom is 0.336 e. The lowest BCUT2D eigenvalue weighted by Gasteiger charge is -2.38. The van der Waals surface area contributed by atoms with Crippen molar-refractivity contribution in [2.24, 2.45) is 16.6 Å². The first-order chi connectivity index (χ1) is 16.3. The van der Waals surface area contributed by atoms with Crippen molar-refractivity contribution in [3.8, 4) is 11.1 Å². The number of ether oxygens (including phenoxy) is 1. The fourth-order valence-corrected chi connectivity index (χ4v) is 4.69. The van der Waals surface area contributed by atoms with E-state index < -0.39 is 5.97 Å². The molecule has 1 aliphatic carbocycles. The van der Waals surface area contributed by atoms with E-state index in [0.29, 0.717) is 17.5 Å². The number of benzene rings is 2. The minimum Gasteiger partial charge on any atom is -0.478 e. The minimum atomic E-state index is -0.967. The molecule has 182 valence electrons.